The third kappa shape index (κ3) is 7.51. The molecule has 156 valence electrons. The molecular formula is C23H38N4S. The summed E-state index contributed by atoms with van der Waals surface area (Å²) < 4.78 is 0. The van der Waals surface area contributed by atoms with Crippen LogP contribution < -0.4 is 16.1 Å². The van der Waals surface area contributed by atoms with Gasteiger partial charge in [-0.15, -0.1) is 0 Å². The first-order valence-electron chi connectivity index (χ1n) is 11.2. The van der Waals surface area contributed by atoms with Crippen LogP contribution in [-0.4, -0.2) is 17.4 Å². The molecule has 3 N–H and O–H groups in total. The van der Waals surface area contributed by atoms with Gasteiger partial charge >= 0.3 is 0 Å². The minimum Gasteiger partial charge on any atom is -0.326 e. The van der Waals surface area contributed by atoms with Gasteiger partial charge in [0.1, 0.15) is 12.0 Å². The number of hydrogen-bond donors (Lipinski definition) is 2. The van der Waals surface area contributed by atoms with Crippen LogP contribution in [0.4, 0.5) is 5.69 Å². The Hall–Kier alpha value is -1.46. The van der Waals surface area contributed by atoms with E-state index in [1.807, 2.05) is 0 Å². The predicted octanol–water partition coefficient (Wildman–Crippen LogP) is 5.90. The number of nitrogens with one attached hydrogen (secondary N) is 1. The van der Waals surface area contributed by atoms with Crippen LogP contribution >= 0.6 is 12.2 Å². The second-order valence-electron chi connectivity index (χ2n) is 7.77. The highest BCUT2D eigenvalue weighted by Crippen LogP contribution is 2.23. The fourth-order valence-electron chi connectivity index (χ4n) is 3.77. The monoisotopic (exact) mass is 402 g/mol. The van der Waals surface area contributed by atoms with E-state index < -0.39 is 0 Å². The fourth-order valence-corrected chi connectivity index (χ4v) is 3.95. The molecule has 1 aliphatic rings. The molecule has 1 heterocycles. The third-order valence-corrected chi connectivity index (χ3v) is 5.70. The lowest BCUT2D eigenvalue weighted by molar-refractivity contribution is 0.551. The van der Waals surface area contributed by atoms with E-state index in [0.29, 0.717) is 6.54 Å². The van der Waals surface area contributed by atoms with Crippen molar-refractivity contribution in [1.82, 2.24) is 5.43 Å². The number of anilines is 1. The number of nitrogens with two attached hydrogens (primary N) is 1. The summed E-state index contributed by atoms with van der Waals surface area (Å²) in [6.45, 7) is 2.82. The van der Waals surface area contributed by atoms with E-state index in [1.54, 1.807) is 5.37 Å². The maximum absolute atomic E-state index is 5.80. The molecule has 1 atom stereocenters. The zero-order valence-electron chi connectivity index (χ0n) is 17.5. The largest absolute Gasteiger partial charge is 0.326 e. The van der Waals surface area contributed by atoms with Gasteiger partial charge in [-0.25, -0.2) is 0 Å². The third-order valence-electron chi connectivity index (χ3n) is 5.44. The molecule has 1 aliphatic heterocycles. The van der Waals surface area contributed by atoms with Crippen LogP contribution in [0.25, 0.3) is 0 Å². The van der Waals surface area contributed by atoms with Crippen molar-refractivity contribution in [2.75, 3.05) is 4.90 Å². The van der Waals surface area contributed by atoms with Crippen molar-refractivity contribution < 1.29 is 0 Å². The number of nitrogens with zero attached hydrogens (tertiary/aromatic N) is 2. The molecule has 0 saturated heterocycles. The highest BCUT2D eigenvalue weighted by molar-refractivity contribution is 7.79. The SMILES string of the molecule is CCCCCCCCCCCCCC1=NNC(C=S)N1c1cccc(CN)c1. The summed E-state index contributed by atoms with van der Waals surface area (Å²) in [4.78, 5) is 2.21. The van der Waals surface area contributed by atoms with E-state index >= 15 is 0 Å². The Morgan fingerprint density at radius 3 is 2.29 bits per heavy atom. The number of unbranched alkanes of at least 4 members (excludes halogenated alkanes) is 10. The van der Waals surface area contributed by atoms with Crippen molar-refractivity contribution in [2.45, 2.75) is 96.7 Å². The first-order valence-corrected chi connectivity index (χ1v) is 11.6. The lowest BCUT2D eigenvalue weighted by Gasteiger charge is -2.25. The quantitative estimate of drug-likeness (QED) is 0.283. The average Bonchev–Trinajstić information content (AvgIpc) is 3.15. The molecule has 4 nitrogen and oxygen atoms in total. The maximum Gasteiger partial charge on any atom is 0.150 e. The van der Waals surface area contributed by atoms with Crippen molar-refractivity contribution in [3.8, 4) is 0 Å². The van der Waals surface area contributed by atoms with E-state index in [-0.39, 0.29) is 6.17 Å². The summed E-state index contributed by atoms with van der Waals surface area (Å²) in [5.41, 5.74) is 11.2. The molecular weight excluding hydrogens is 364 g/mol. The number of amidine groups is 1. The molecule has 28 heavy (non-hydrogen) atoms. The van der Waals surface area contributed by atoms with Crippen molar-refractivity contribution in [3.05, 3.63) is 29.8 Å². The Morgan fingerprint density at radius 1 is 1.04 bits per heavy atom. The normalized spacial score (nSPS) is 16.1. The smallest absolute Gasteiger partial charge is 0.150 e. The maximum atomic E-state index is 5.80. The Labute approximate surface area is 177 Å². The molecule has 0 fully saturated rings. The van der Waals surface area contributed by atoms with Gasteiger partial charge < -0.3 is 10.6 Å². The highest BCUT2D eigenvalue weighted by Gasteiger charge is 2.26. The Morgan fingerprint density at radius 2 is 1.68 bits per heavy atom. The van der Waals surface area contributed by atoms with E-state index in [4.69, 9.17) is 18.0 Å². The van der Waals surface area contributed by atoms with E-state index in [9.17, 15) is 0 Å². The van der Waals surface area contributed by atoms with Gasteiger partial charge in [0.05, 0.1) is 0 Å². The van der Waals surface area contributed by atoms with Gasteiger partial charge in [-0.2, -0.15) is 5.10 Å². The lowest BCUT2D eigenvalue weighted by atomic mass is 10.0. The molecule has 2 rings (SSSR count). The fraction of sp³-hybridized carbons (Fsp3) is 0.652. The zero-order valence-corrected chi connectivity index (χ0v) is 18.4. The Balaban J connectivity index is 1.67. The number of hydrazone groups is 1. The lowest BCUT2D eigenvalue weighted by Crippen LogP contribution is -2.41. The molecule has 1 aromatic rings. The van der Waals surface area contributed by atoms with Crippen molar-refractivity contribution >= 4 is 29.1 Å². The number of benzene rings is 1. The molecule has 0 saturated carbocycles. The molecule has 5 heteroatoms. The first-order chi connectivity index (χ1) is 13.8. The van der Waals surface area contributed by atoms with Crippen molar-refractivity contribution in [2.24, 2.45) is 10.8 Å². The first kappa shape index (κ1) is 22.8. The molecule has 1 unspecified atom stereocenters. The number of thiocarbonyl (C=S) groups is 1. The molecule has 0 spiro atoms. The van der Waals surface area contributed by atoms with E-state index in [1.165, 1.54) is 70.6 Å². The molecule has 0 aromatic heterocycles. The minimum absolute atomic E-state index is 0.0502. The summed E-state index contributed by atoms with van der Waals surface area (Å²) in [6, 6.07) is 8.35. The standard InChI is InChI=1S/C23H38N4S/c1-2-3-4-5-6-7-8-9-10-11-12-16-22-25-26-23(19-28)27(22)21-15-13-14-20(17-21)18-24/h13-15,17,19,23,26H,2-12,16,18,24H2,1H3. The predicted molar refractivity (Wildman–Crippen MR) is 126 cm³/mol. The summed E-state index contributed by atoms with van der Waals surface area (Å²) in [5.74, 6) is 1.08. The molecule has 0 aliphatic carbocycles. The summed E-state index contributed by atoms with van der Waals surface area (Å²) >= 11 is 5.20. The van der Waals surface area contributed by atoms with Crippen LogP contribution in [0.2, 0.25) is 0 Å². The zero-order chi connectivity index (χ0) is 20.0. The van der Waals surface area contributed by atoms with Gasteiger partial charge in [0.15, 0.2) is 0 Å². The van der Waals surface area contributed by atoms with Crippen molar-refractivity contribution in [1.29, 1.82) is 0 Å². The number of rotatable bonds is 15. The Bertz CT molecular complexity index is 602. The molecule has 0 amide bonds. The van der Waals surface area contributed by atoms with Gasteiger partial charge in [0.2, 0.25) is 0 Å². The van der Waals surface area contributed by atoms with Crippen LogP contribution in [0.3, 0.4) is 0 Å². The molecule has 1 aromatic carbocycles. The second kappa shape index (κ2) is 13.7. The van der Waals surface area contributed by atoms with Gasteiger partial charge in [-0.1, -0.05) is 95.5 Å². The minimum atomic E-state index is -0.0502. The average molecular weight is 403 g/mol. The van der Waals surface area contributed by atoms with E-state index in [0.717, 1.165) is 23.5 Å². The van der Waals surface area contributed by atoms with Crippen LogP contribution in [0, 0.1) is 0 Å². The van der Waals surface area contributed by atoms with Gasteiger partial charge in [-0.05, 0) is 24.1 Å². The Kier molecular flexibility index (Phi) is 11.1. The van der Waals surface area contributed by atoms with Gasteiger partial charge in [-0.3, -0.25) is 5.43 Å². The summed E-state index contributed by atoms with van der Waals surface area (Å²) in [5, 5.41) is 6.29. The summed E-state index contributed by atoms with van der Waals surface area (Å²) in [6.07, 6.45) is 15.9. The second-order valence-corrected chi connectivity index (χ2v) is 8.04. The summed E-state index contributed by atoms with van der Waals surface area (Å²) in [7, 11) is 0. The van der Waals surface area contributed by atoms with Crippen LogP contribution in [0.15, 0.2) is 29.4 Å². The highest BCUT2D eigenvalue weighted by atomic mass is 32.1. The van der Waals surface area contributed by atoms with Gasteiger partial charge in [0.25, 0.3) is 0 Å². The topological polar surface area (TPSA) is 53.7 Å². The van der Waals surface area contributed by atoms with Crippen LogP contribution in [-0.2, 0) is 6.54 Å². The van der Waals surface area contributed by atoms with Crippen LogP contribution in [0.1, 0.15) is 89.5 Å². The number of hydrogen-bond acceptors (Lipinski definition) is 5. The van der Waals surface area contributed by atoms with Crippen LogP contribution in [0.5, 0.6) is 0 Å². The molecule has 0 radical (unpaired) electrons. The van der Waals surface area contributed by atoms with Gasteiger partial charge in [0, 0.05) is 24.0 Å². The van der Waals surface area contributed by atoms with Crippen molar-refractivity contribution in [3.63, 3.8) is 0 Å². The molecule has 0 bridgehead atoms. The van der Waals surface area contributed by atoms with E-state index in [2.05, 4.69) is 46.6 Å².